The molecule has 1 aliphatic heterocycles. The van der Waals surface area contributed by atoms with Gasteiger partial charge in [0.25, 0.3) is 0 Å². The number of aliphatic hydroxyl groups excluding tert-OH is 1. The van der Waals surface area contributed by atoms with Crippen LogP contribution >= 0.6 is 11.3 Å². The molecule has 3 atom stereocenters. The number of halogens is 1. The number of morpholine rings is 1. The minimum Gasteiger partial charge on any atom is -0.387 e. The molecule has 1 aromatic carbocycles. The number of hydrogen-bond donors (Lipinski definition) is 3. The molecule has 0 amide bonds. The molecule has 0 saturated carbocycles. The number of thiophene rings is 1. The van der Waals surface area contributed by atoms with Gasteiger partial charge in [0, 0.05) is 31.1 Å². The number of guanidine groups is 1. The molecule has 3 N–H and O–H groups in total. The number of hydrogen-bond acceptors (Lipinski definition) is 5. The van der Waals surface area contributed by atoms with Gasteiger partial charge in [-0.2, -0.15) is 0 Å². The summed E-state index contributed by atoms with van der Waals surface area (Å²) in [7, 11) is 0. The molecule has 0 aliphatic carbocycles. The first-order chi connectivity index (χ1) is 14.6. The maximum atomic E-state index is 13.1. The highest BCUT2D eigenvalue weighted by atomic mass is 32.1. The second-order valence-corrected chi connectivity index (χ2v) is 8.35. The first-order valence-electron chi connectivity index (χ1n) is 10.4. The quantitative estimate of drug-likeness (QED) is 0.440. The molecular formula is C22H31FN4O2S. The number of rotatable bonds is 8. The van der Waals surface area contributed by atoms with Gasteiger partial charge in [-0.05, 0) is 43.0 Å². The molecule has 0 spiro atoms. The summed E-state index contributed by atoms with van der Waals surface area (Å²) in [5, 5.41) is 18.9. The van der Waals surface area contributed by atoms with Crippen molar-refractivity contribution in [3.05, 3.63) is 58.0 Å². The number of aliphatic hydroxyl groups is 1. The third-order valence-corrected chi connectivity index (χ3v) is 6.04. The van der Waals surface area contributed by atoms with Crippen molar-refractivity contribution in [3.63, 3.8) is 0 Å². The van der Waals surface area contributed by atoms with Crippen LogP contribution in [0.15, 0.2) is 46.8 Å². The van der Waals surface area contributed by atoms with Crippen molar-refractivity contribution < 1.29 is 14.2 Å². The van der Waals surface area contributed by atoms with Crippen LogP contribution in [0.3, 0.4) is 0 Å². The van der Waals surface area contributed by atoms with Crippen LogP contribution in [0, 0.1) is 5.82 Å². The second kappa shape index (κ2) is 11.4. The van der Waals surface area contributed by atoms with E-state index in [1.165, 1.54) is 17.0 Å². The summed E-state index contributed by atoms with van der Waals surface area (Å²) in [6.07, 6.45) is -0.537. The lowest BCUT2D eigenvalue weighted by Gasteiger charge is -2.36. The molecule has 1 saturated heterocycles. The first-order valence-corrected chi connectivity index (χ1v) is 11.3. The number of aliphatic imine (C=N–C) groups is 1. The van der Waals surface area contributed by atoms with Crippen molar-refractivity contribution in [2.75, 3.05) is 39.3 Å². The summed E-state index contributed by atoms with van der Waals surface area (Å²) in [5.41, 5.74) is 0.665. The lowest BCUT2D eigenvalue weighted by atomic mass is 10.1. The summed E-state index contributed by atoms with van der Waals surface area (Å²) in [4.78, 5) is 8.52. The average Bonchev–Trinajstić information content (AvgIpc) is 3.27. The Morgan fingerprint density at radius 2 is 2.13 bits per heavy atom. The smallest absolute Gasteiger partial charge is 0.191 e. The van der Waals surface area contributed by atoms with Crippen LogP contribution in [0.4, 0.5) is 4.39 Å². The van der Waals surface area contributed by atoms with Crippen molar-refractivity contribution in [3.8, 4) is 0 Å². The van der Waals surface area contributed by atoms with Gasteiger partial charge in [-0.1, -0.05) is 18.2 Å². The molecule has 2 heterocycles. The zero-order valence-electron chi connectivity index (χ0n) is 17.6. The first kappa shape index (κ1) is 22.7. The minimum absolute atomic E-state index is 0.189. The van der Waals surface area contributed by atoms with E-state index in [4.69, 9.17) is 9.73 Å². The molecule has 1 fully saturated rings. The fourth-order valence-electron chi connectivity index (χ4n) is 3.51. The van der Waals surface area contributed by atoms with E-state index in [1.807, 2.05) is 6.92 Å². The third-order valence-electron chi connectivity index (χ3n) is 5.07. The fourth-order valence-corrected chi connectivity index (χ4v) is 4.36. The van der Waals surface area contributed by atoms with E-state index in [0.717, 1.165) is 26.2 Å². The summed E-state index contributed by atoms with van der Waals surface area (Å²) in [5.74, 6) is 0.340. The topological polar surface area (TPSA) is 69.1 Å². The molecule has 6 nitrogen and oxygen atoms in total. The molecule has 30 heavy (non-hydrogen) atoms. The van der Waals surface area contributed by atoms with Crippen LogP contribution < -0.4 is 10.6 Å². The van der Waals surface area contributed by atoms with Crippen LogP contribution in [-0.4, -0.2) is 61.4 Å². The Balaban J connectivity index is 1.65. The number of ether oxygens (including phenoxy) is 1. The predicted molar refractivity (Wildman–Crippen MR) is 119 cm³/mol. The summed E-state index contributed by atoms with van der Waals surface area (Å²) in [6.45, 7) is 8.22. The average molecular weight is 435 g/mol. The van der Waals surface area contributed by atoms with E-state index < -0.39 is 6.10 Å². The minimum atomic E-state index is -0.748. The molecule has 0 bridgehead atoms. The second-order valence-electron chi connectivity index (χ2n) is 7.38. The summed E-state index contributed by atoms with van der Waals surface area (Å²) < 4.78 is 18.8. The van der Waals surface area contributed by atoms with Crippen LogP contribution in [0.25, 0.3) is 0 Å². The Morgan fingerprint density at radius 1 is 1.33 bits per heavy atom. The Morgan fingerprint density at radius 3 is 2.80 bits per heavy atom. The number of nitrogens with one attached hydrogen (secondary N) is 2. The van der Waals surface area contributed by atoms with Gasteiger partial charge in [-0.3, -0.25) is 9.89 Å². The van der Waals surface area contributed by atoms with Gasteiger partial charge in [-0.25, -0.2) is 4.39 Å². The summed E-state index contributed by atoms with van der Waals surface area (Å²) in [6, 6.07) is 10.3. The molecule has 0 radical (unpaired) electrons. The number of nitrogens with zero attached hydrogens (tertiary/aromatic N) is 2. The van der Waals surface area contributed by atoms with Crippen molar-refractivity contribution in [1.82, 2.24) is 15.5 Å². The molecule has 1 aromatic heterocycles. The zero-order valence-corrected chi connectivity index (χ0v) is 18.4. The Hall–Kier alpha value is -2.00. The van der Waals surface area contributed by atoms with Crippen molar-refractivity contribution in [2.24, 2.45) is 4.99 Å². The maximum Gasteiger partial charge on any atom is 0.191 e. The monoisotopic (exact) mass is 434 g/mol. The summed E-state index contributed by atoms with van der Waals surface area (Å²) >= 11 is 1.74. The lowest BCUT2D eigenvalue weighted by molar-refractivity contribution is -0.0327. The van der Waals surface area contributed by atoms with E-state index in [-0.39, 0.29) is 24.5 Å². The largest absolute Gasteiger partial charge is 0.387 e. The molecule has 3 rings (SSSR count). The van der Waals surface area contributed by atoms with E-state index in [2.05, 4.69) is 40.0 Å². The molecule has 3 unspecified atom stereocenters. The maximum absolute atomic E-state index is 13.1. The van der Waals surface area contributed by atoms with Crippen LogP contribution in [-0.2, 0) is 4.74 Å². The van der Waals surface area contributed by atoms with Gasteiger partial charge >= 0.3 is 0 Å². The lowest BCUT2D eigenvalue weighted by Crippen LogP contribution is -2.44. The standard InChI is InChI=1S/C22H31FN4O2S/c1-3-24-22(26-14-20(28)17-6-8-18(23)9-7-17)25-13-19(21-5-4-12-30-21)27-10-11-29-16(2)15-27/h4-9,12,16,19-20,28H,3,10-11,13-15H2,1-2H3,(H2,24,25,26). The van der Waals surface area contributed by atoms with Crippen molar-refractivity contribution >= 4 is 17.3 Å². The molecule has 1 aliphatic rings. The van der Waals surface area contributed by atoms with Gasteiger partial charge in [0.2, 0.25) is 0 Å². The van der Waals surface area contributed by atoms with Gasteiger partial charge in [0.05, 0.1) is 31.4 Å². The highest BCUT2D eigenvalue weighted by Gasteiger charge is 2.26. The Bertz CT molecular complexity index is 785. The van der Waals surface area contributed by atoms with Gasteiger partial charge < -0.3 is 20.5 Å². The normalized spacial score (nSPS) is 20.0. The van der Waals surface area contributed by atoms with Crippen molar-refractivity contribution in [2.45, 2.75) is 32.1 Å². The van der Waals surface area contributed by atoms with E-state index in [9.17, 15) is 9.50 Å². The highest BCUT2D eigenvalue weighted by Crippen LogP contribution is 2.27. The molecule has 8 heteroatoms. The Kier molecular flexibility index (Phi) is 8.62. The van der Waals surface area contributed by atoms with Crippen LogP contribution in [0.2, 0.25) is 0 Å². The fraction of sp³-hybridized carbons (Fsp3) is 0.500. The zero-order chi connectivity index (χ0) is 21.3. The van der Waals surface area contributed by atoms with E-state index in [1.54, 1.807) is 23.5 Å². The van der Waals surface area contributed by atoms with Crippen LogP contribution in [0.1, 0.15) is 36.4 Å². The predicted octanol–water partition coefficient (Wildman–Crippen LogP) is 2.94. The SMILES string of the molecule is CCNC(=NCC(c1cccs1)N1CCOC(C)C1)NCC(O)c1ccc(F)cc1. The number of benzene rings is 1. The third kappa shape index (κ3) is 6.50. The van der Waals surface area contributed by atoms with Gasteiger partial charge in [0.15, 0.2) is 5.96 Å². The molecule has 2 aromatic rings. The van der Waals surface area contributed by atoms with Gasteiger partial charge in [-0.15, -0.1) is 11.3 Å². The van der Waals surface area contributed by atoms with Crippen molar-refractivity contribution in [1.29, 1.82) is 0 Å². The van der Waals surface area contributed by atoms with Crippen LogP contribution in [0.5, 0.6) is 0 Å². The van der Waals surface area contributed by atoms with Gasteiger partial charge in [0.1, 0.15) is 5.82 Å². The molecular weight excluding hydrogens is 403 g/mol. The molecule has 164 valence electrons. The van der Waals surface area contributed by atoms with E-state index >= 15 is 0 Å². The Labute approximate surface area is 181 Å². The van der Waals surface area contributed by atoms with E-state index in [0.29, 0.717) is 18.1 Å². The highest BCUT2D eigenvalue weighted by molar-refractivity contribution is 7.10.